The Hall–Kier alpha value is 1.44. The Balaban J connectivity index is 3.79. The molecule has 0 aliphatic carbocycles. The van der Waals surface area contributed by atoms with E-state index in [9.17, 15) is 0 Å². The second-order valence-electron chi connectivity index (χ2n) is 3.13. The zero-order valence-corrected chi connectivity index (χ0v) is 11.6. The highest BCUT2D eigenvalue weighted by atomic mass is 79.9. The minimum absolute atomic E-state index is 0.510. The molecule has 3 heteroatoms. The molecule has 0 spiro atoms. The van der Waals surface area contributed by atoms with Crippen LogP contribution in [0.15, 0.2) is 0 Å². The summed E-state index contributed by atoms with van der Waals surface area (Å²) in [6.07, 6.45) is 3.80. The molecule has 0 nitrogen and oxygen atoms in total. The lowest BCUT2D eigenvalue weighted by Crippen LogP contribution is -2.18. The molecule has 68 valence electrons. The molecule has 0 aliphatic heterocycles. The lowest BCUT2D eigenvalue weighted by Gasteiger charge is -2.27. The smallest absolute Gasteiger partial charge is 0.00364 e. The fourth-order valence-electron chi connectivity index (χ4n) is 1.06. The summed E-state index contributed by atoms with van der Waals surface area (Å²) in [5.41, 5.74) is 0.510. The molecule has 0 heterocycles. The summed E-state index contributed by atoms with van der Waals surface area (Å²) in [6.45, 7) is 2.36. The van der Waals surface area contributed by atoms with Crippen molar-refractivity contribution in [1.29, 1.82) is 0 Å². The van der Waals surface area contributed by atoms with Crippen LogP contribution in [0.1, 0.15) is 26.2 Å². The molecule has 0 radical (unpaired) electrons. The highest BCUT2D eigenvalue weighted by Gasteiger charge is 2.21. The molecule has 0 aromatic heterocycles. The van der Waals surface area contributed by atoms with Crippen LogP contribution in [-0.4, -0.2) is 16.0 Å². The Kier molecular flexibility index (Phi) is 7.81. The first-order valence-electron chi connectivity index (χ1n) is 3.86. The van der Waals surface area contributed by atoms with Crippen LogP contribution in [0.25, 0.3) is 0 Å². The highest BCUT2D eigenvalue weighted by Crippen LogP contribution is 2.32. The molecule has 0 saturated carbocycles. The summed E-state index contributed by atoms with van der Waals surface area (Å²) in [4.78, 5) is 0. The van der Waals surface area contributed by atoms with Crippen molar-refractivity contribution < 1.29 is 0 Å². The molecule has 11 heavy (non-hydrogen) atoms. The maximum Gasteiger partial charge on any atom is 0.00364 e. The first-order chi connectivity index (χ1) is 5.18. The van der Waals surface area contributed by atoms with E-state index in [-0.39, 0.29) is 0 Å². The highest BCUT2D eigenvalue weighted by molar-refractivity contribution is 9.09. The van der Waals surface area contributed by atoms with E-state index in [0.29, 0.717) is 5.41 Å². The topological polar surface area (TPSA) is 0 Å². The number of hydrogen-bond donors (Lipinski definition) is 0. The maximum absolute atomic E-state index is 3.49. The third-order valence-corrected chi connectivity index (χ3v) is 3.28. The van der Waals surface area contributed by atoms with E-state index >= 15 is 0 Å². The molecular weight excluding hydrogens is 336 g/mol. The third-order valence-electron chi connectivity index (χ3n) is 2.09. The van der Waals surface area contributed by atoms with Crippen molar-refractivity contribution >= 4 is 47.8 Å². The maximum atomic E-state index is 3.49. The van der Waals surface area contributed by atoms with Gasteiger partial charge in [-0.25, -0.2) is 0 Å². The summed E-state index contributed by atoms with van der Waals surface area (Å²) in [6, 6.07) is 0. The zero-order valence-electron chi connectivity index (χ0n) is 6.88. The molecular formula is C8H15Br3. The van der Waals surface area contributed by atoms with E-state index < -0.39 is 0 Å². The van der Waals surface area contributed by atoms with Crippen LogP contribution < -0.4 is 0 Å². The van der Waals surface area contributed by atoms with Crippen LogP contribution in [0.3, 0.4) is 0 Å². The van der Waals surface area contributed by atoms with E-state index in [2.05, 4.69) is 54.7 Å². The van der Waals surface area contributed by atoms with Gasteiger partial charge in [0.1, 0.15) is 0 Å². The molecule has 0 unspecified atom stereocenters. The van der Waals surface area contributed by atoms with Crippen molar-refractivity contribution in [3.63, 3.8) is 0 Å². The monoisotopic (exact) mass is 348 g/mol. The van der Waals surface area contributed by atoms with Gasteiger partial charge in [0.15, 0.2) is 0 Å². The van der Waals surface area contributed by atoms with Crippen molar-refractivity contribution in [3.05, 3.63) is 0 Å². The van der Waals surface area contributed by atoms with Crippen molar-refractivity contribution in [1.82, 2.24) is 0 Å². The van der Waals surface area contributed by atoms with Gasteiger partial charge >= 0.3 is 0 Å². The summed E-state index contributed by atoms with van der Waals surface area (Å²) in [5, 5.41) is 3.34. The second-order valence-corrected chi connectivity index (χ2v) is 5.51. The third kappa shape index (κ3) is 5.64. The minimum Gasteiger partial charge on any atom is -0.0928 e. The van der Waals surface area contributed by atoms with Crippen molar-refractivity contribution in [2.45, 2.75) is 26.2 Å². The van der Waals surface area contributed by atoms with Gasteiger partial charge < -0.3 is 0 Å². The minimum atomic E-state index is 0.510. The fourth-order valence-corrected chi connectivity index (χ4v) is 3.93. The van der Waals surface area contributed by atoms with E-state index in [1.165, 1.54) is 19.3 Å². The van der Waals surface area contributed by atoms with Crippen LogP contribution in [0.5, 0.6) is 0 Å². The number of hydrogen-bond acceptors (Lipinski definition) is 0. The van der Waals surface area contributed by atoms with Gasteiger partial charge in [-0.15, -0.1) is 0 Å². The Labute approximate surface area is 94.9 Å². The molecule has 0 N–H and O–H groups in total. The molecule has 0 aromatic carbocycles. The largest absolute Gasteiger partial charge is 0.0928 e. The molecule has 0 bridgehead atoms. The fraction of sp³-hybridized carbons (Fsp3) is 1.00. The van der Waals surface area contributed by atoms with Gasteiger partial charge in [-0.05, 0) is 24.7 Å². The number of rotatable bonds is 6. The molecule has 0 fully saturated rings. The van der Waals surface area contributed by atoms with E-state index in [1.54, 1.807) is 0 Å². The Bertz CT molecular complexity index is 76.3. The standard InChI is InChI=1S/C8H15Br3/c1-8(2-5-9,3-6-10)4-7-11/h2-7H2,1H3. The average Bonchev–Trinajstić information content (AvgIpc) is 1.88. The lowest BCUT2D eigenvalue weighted by molar-refractivity contribution is 0.297. The SMILES string of the molecule is CC(CCBr)(CCBr)CCBr. The van der Waals surface area contributed by atoms with Crippen LogP contribution in [0.2, 0.25) is 0 Å². The van der Waals surface area contributed by atoms with Gasteiger partial charge in [-0.2, -0.15) is 0 Å². The van der Waals surface area contributed by atoms with E-state index in [4.69, 9.17) is 0 Å². The first kappa shape index (κ1) is 12.4. The summed E-state index contributed by atoms with van der Waals surface area (Å²) in [5.74, 6) is 0. The molecule has 0 atom stereocenters. The van der Waals surface area contributed by atoms with Crippen molar-refractivity contribution in [3.8, 4) is 0 Å². The number of halogens is 3. The first-order valence-corrected chi connectivity index (χ1v) is 7.23. The van der Waals surface area contributed by atoms with Crippen LogP contribution in [0, 0.1) is 5.41 Å². The van der Waals surface area contributed by atoms with Gasteiger partial charge in [-0.1, -0.05) is 54.7 Å². The van der Waals surface area contributed by atoms with Crippen LogP contribution >= 0.6 is 47.8 Å². The Morgan fingerprint density at radius 1 is 0.818 bits per heavy atom. The Morgan fingerprint density at radius 3 is 1.27 bits per heavy atom. The van der Waals surface area contributed by atoms with Gasteiger partial charge in [0.2, 0.25) is 0 Å². The predicted octanol–water partition coefficient (Wildman–Crippen LogP) is 4.35. The molecule has 0 rings (SSSR count). The molecule has 0 amide bonds. The Morgan fingerprint density at radius 2 is 1.09 bits per heavy atom. The van der Waals surface area contributed by atoms with E-state index in [1.807, 2.05) is 0 Å². The van der Waals surface area contributed by atoms with Crippen LogP contribution in [-0.2, 0) is 0 Å². The normalized spacial score (nSPS) is 12.0. The van der Waals surface area contributed by atoms with Crippen LogP contribution in [0.4, 0.5) is 0 Å². The average molecular weight is 351 g/mol. The quantitative estimate of drug-likeness (QED) is 0.625. The van der Waals surface area contributed by atoms with E-state index in [0.717, 1.165) is 16.0 Å². The lowest BCUT2D eigenvalue weighted by atomic mass is 9.82. The van der Waals surface area contributed by atoms with Gasteiger partial charge in [0, 0.05) is 16.0 Å². The van der Waals surface area contributed by atoms with Gasteiger partial charge in [0.05, 0.1) is 0 Å². The van der Waals surface area contributed by atoms with Gasteiger partial charge in [-0.3, -0.25) is 0 Å². The van der Waals surface area contributed by atoms with Crippen molar-refractivity contribution in [2.75, 3.05) is 16.0 Å². The van der Waals surface area contributed by atoms with Crippen molar-refractivity contribution in [2.24, 2.45) is 5.41 Å². The predicted molar refractivity (Wildman–Crippen MR) is 63.3 cm³/mol. The molecule has 0 aliphatic rings. The summed E-state index contributed by atoms with van der Waals surface area (Å²) < 4.78 is 0. The summed E-state index contributed by atoms with van der Waals surface area (Å²) in [7, 11) is 0. The second kappa shape index (κ2) is 6.90. The number of alkyl halides is 3. The van der Waals surface area contributed by atoms with Gasteiger partial charge in [0.25, 0.3) is 0 Å². The molecule has 0 aromatic rings. The molecule has 0 saturated heterocycles. The zero-order chi connectivity index (χ0) is 8.74. The summed E-state index contributed by atoms with van der Waals surface area (Å²) >= 11 is 10.5.